The van der Waals surface area contributed by atoms with E-state index in [9.17, 15) is 19.2 Å². The molecule has 0 atom stereocenters. The molecule has 6 aromatic rings. The van der Waals surface area contributed by atoms with E-state index in [4.69, 9.17) is 0 Å². The minimum Gasteiger partial charge on any atom is -0.339 e. The van der Waals surface area contributed by atoms with Crippen molar-refractivity contribution >= 4 is 34.4 Å². The number of aromatic amines is 5. The third-order valence-electron chi connectivity index (χ3n) is 6.04. The highest BCUT2D eigenvalue weighted by atomic mass is 16.2. The van der Waals surface area contributed by atoms with Crippen molar-refractivity contribution in [2.24, 2.45) is 10.2 Å². The maximum Gasteiger partial charge on any atom is 0.342 e. The highest BCUT2D eigenvalue weighted by Crippen LogP contribution is 2.40. The predicted molar refractivity (Wildman–Crippen MR) is 158 cm³/mol. The van der Waals surface area contributed by atoms with Crippen molar-refractivity contribution in [3.05, 3.63) is 121 Å². The van der Waals surface area contributed by atoms with Crippen LogP contribution in [-0.4, -0.2) is 40.6 Å². The van der Waals surface area contributed by atoms with E-state index in [1.54, 1.807) is 0 Å². The van der Waals surface area contributed by atoms with E-state index in [0.29, 0.717) is 11.6 Å². The number of anilines is 4. The van der Waals surface area contributed by atoms with Gasteiger partial charge in [-0.15, -0.1) is 10.2 Å². The topological polar surface area (TPSA) is 235 Å². The number of hydrogen-bond donors (Lipinski definition) is 7. The molecule has 0 aliphatic rings. The molecule has 0 spiro atoms. The quantitative estimate of drug-likeness (QED) is 0.132. The number of nitrogens with one attached hydrogen (secondary N) is 7. The SMILES string of the molecule is O=c1[nH]nc(-c2cccc(-c3n[nH]c(=O)[nH]c3=O)c2N=Nc2c(Nc3ccccc3)n[nH]c2Nc2ccccc2)c(=O)[nH]1. The summed E-state index contributed by atoms with van der Waals surface area (Å²) in [6.45, 7) is 0. The van der Waals surface area contributed by atoms with Gasteiger partial charge in [0.25, 0.3) is 11.1 Å². The van der Waals surface area contributed by atoms with E-state index >= 15 is 0 Å². The van der Waals surface area contributed by atoms with E-state index in [2.05, 4.69) is 61.4 Å². The molecule has 3 aromatic heterocycles. The monoisotopic (exact) mass is 576 g/mol. The molecule has 0 fully saturated rings. The fourth-order valence-electron chi connectivity index (χ4n) is 4.13. The lowest BCUT2D eigenvalue weighted by Crippen LogP contribution is -2.26. The first-order valence-electron chi connectivity index (χ1n) is 12.6. The number of aromatic nitrogens is 8. The normalized spacial score (nSPS) is 11.1. The molecule has 0 bridgehead atoms. The number of para-hydroxylation sites is 2. The lowest BCUT2D eigenvalue weighted by molar-refractivity contribution is 0.894. The Balaban J connectivity index is 1.54. The summed E-state index contributed by atoms with van der Waals surface area (Å²) >= 11 is 0. The molecule has 0 amide bonds. The van der Waals surface area contributed by atoms with Gasteiger partial charge in [0.15, 0.2) is 28.7 Å². The second-order valence-electron chi connectivity index (χ2n) is 8.89. The molecule has 212 valence electrons. The van der Waals surface area contributed by atoms with Crippen molar-refractivity contribution < 1.29 is 0 Å². The maximum absolute atomic E-state index is 12.7. The van der Waals surface area contributed by atoms with E-state index in [0.717, 1.165) is 11.4 Å². The summed E-state index contributed by atoms with van der Waals surface area (Å²) < 4.78 is 0. The van der Waals surface area contributed by atoms with Crippen LogP contribution in [0, 0.1) is 0 Å². The van der Waals surface area contributed by atoms with Gasteiger partial charge in [0, 0.05) is 22.5 Å². The molecule has 0 unspecified atom stereocenters. The summed E-state index contributed by atoms with van der Waals surface area (Å²) in [6, 6.07) is 23.1. The summed E-state index contributed by atoms with van der Waals surface area (Å²) in [4.78, 5) is 53.0. The molecule has 0 aliphatic carbocycles. The molecule has 3 heterocycles. The van der Waals surface area contributed by atoms with Crippen molar-refractivity contribution in [1.82, 2.24) is 40.6 Å². The average molecular weight is 577 g/mol. The Morgan fingerprint density at radius 3 is 1.58 bits per heavy atom. The zero-order chi connectivity index (χ0) is 29.8. The molecule has 0 radical (unpaired) electrons. The molecule has 6 rings (SSSR count). The maximum atomic E-state index is 12.7. The Morgan fingerprint density at radius 1 is 0.535 bits per heavy atom. The third kappa shape index (κ3) is 5.64. The Morgan fingerprint density at radius 2 is 1.05 bits per heavy atom. The molecule has 7 N–H and O–H groups in total. The second-order valence-corrected chi connectivity index (χ2v) is 8.89. The van der Waals surface area contributed by atoms with Crippen LogP contribution in [0.2, 0.25) is 0 Å². The van der Waals surface area contributed by atoms with Crippen LogP contribution in [0.3, 0.4) is 0 Å². The largest absolute Gasteiger partial charge is 0.342 e. The van der Waals surface area contributed by atoms with Crippen LogP contribution in [0.5, 0.6) is 0 Å². The van der Waals surface area contributed by atoms with Gasteiger partial charge in [-0.05, 0) is 24.3 Å². The van der Waals surface area contributed by atoms with Gasteiger partial charge < -0.3 is 10.6 Å². The lowest BCUT2D eigenvalue weighted by Gasteiger charge is -2.09. The number of rotatable bonds is 8. The van der Waals surface area contributed by atoms with Crippen molar-refractivity contribution in [2.75, 3.05) is 10.6 Å². The minimum absolute atomic E-state index is 0.00452. The van der Waals surface area contributed by atoms with Crippen LogP contribution < -0.4 is 33.1 Å². The lowest BCUT2D eigenvalue weighted by atomic mass is 10.0. The molecule has 0 saturated carbocycles. The van der Waals surface area contributed by atoms with Crippen molar-refractivity contribution in [1.29, 1.82) is 0 Å². The standard InChI is InChI=1S/C27H20N12O4/c40-24-19(33-38-26(42)30-24)16-12-7-13-17(20-25(41)31-27(43)39-34-20)18(16)32-35-21-22(28-14-8-3-1-4-9-14)36-37-23(21)29-15-10-5-2-6-11-15/h1-13H,(H3,28,29,36,37)(H2,30,38,40,42)(H2,31,39,41,43). The van der Waals surface area contributed by atoms with Crippen LogP contribution in [0.25, 0.3) is 22.5 Å². The molecular weight excluding hydrogens is 556 g/mol. The van der Waals surface area contributed by atoms with Crippen LogP contribution >= 0.6 is 0 Å². The van der Waals surface area contributed by atoms with E-state index in [-0.39, 0.29) is 33.9 Å². The van der Waals surface area contributed by atoms with E-state index in [1.165, 1.54) is 18.2 Å². The Kier molecular flexibility index (Phi) is 7.04. The van der Waals surface area contributed by atoms with Crippen LogP contribution in [-0.2, 0) is 0 Å². The molecule has 16 heteroatoms. The first-order chi connectivity index (χ1) is 21.0. The zero-order valence-corrected chi connectivity index (χ0v) is 21.9. The molecular formula is C27H20N12O4. The van der Waals surface area contributed by atoms with Gasteiger partial charge in [0.1, 0.15) is 5.69 Å². The second kappa shape index (κ2) is 11.4. The van der Waals surface area contributed by atoms with Crippen LogP contribution in [0.1, 0.15) is 0 Å². The van der Waals surface area contributed by atoms with Gasteiger partial charge in [0.05, 0.1) is 0 Å². The fraction of sp³-hybridized carbons (Fsp3) is 0. The minimum atomic E-state index is -0.807. The van der Waals surface area contributed by atoms with Crippen LogP contribution in [0.4, 0.5) is 34.4 Å². The summed E-state index contributed by atoms with van der Waals surface area (Å²) in [5, 5.41) is 34.7. The number of nitrogens with zero attached hydrogens (tertiary/aromatic N) is 5. The summed E-state index contributed by atoms with van der Waals surface area (Å²) in [7, 11) is 0. The average Bonchev–Trinajstić information content (AvgIpc) is 3.37. The van der Waals surface area contributed by atoms with Crippen molar-refractivity contribution in [3.8, 4) is 22.5 Å². The molecule has 43 heavy (non-hydrogen) atoms. The van der Waals surface area contributed by atoms with Gasteiger partial charge in [-0.2, -0.15) is 15.3 Å². The van der Waals surface area contributed by atoms with Crippen LogP contribution in [0.15, 0.2) is 108 Å². The summed E-state index contributed by atoms with van der Waals surface area (Å²) in [6.07, 6.45) is 0. The Labute approximate surface area is 239 Å². The molecule has 3 aromatic carbocycles. The number of hydrogen-bond acceptors (Lipinski definition) is 11. The summed E-state index contributed by atoms with van der Waals surface area (Å²) in [5.41, 5.74) is -1.68. The molecule has 16 nitrogen and oxygen atoms in total. The highest BCUT2D eigenvalue weighted by molar-refractivity contribution is 5.86. The first-order valence-corrected chi connectivity index (χ1v) is 12.6. The van der Waals surface area contributed by atoms with Gasteiger partial charge in [0.2, 0.25) is 0 Å². The van der Waals surface area contributed by atoms with Gasteiger partial charge in [-0.3, -0.25) is 24.7 Å². The molecule has 0 saturated heterocycles. The molecule has 0 aliphatic heterocycles. The highest BCUT2D eigenvalue weighted by Gasteiger charge is 2.20. The fourth-order valence-corrected chi connectivity index (χ4v) is 4.13. The number of azo groups is 1. The third-order valence-corrected chi connectivity index (χ3v) is 6.04. The van der Waals surface area contributed by atoms with Crippen molar-refractivity contribution in [3.63, 3.8) is 0 Å². The first kappa shape index (κ1) is 26.5. The smallest absolute Gasteiger partial charge is 0.339 e. The zero-order valence-electron chi connectivity index (χ0n) is 21.9. The van der Waals surface area contributed by atoms with Gasteiger partial charge in [-0.25, -0.2) is 19.8 Å². The Bertz CT molecular complexity index is 2040. The van der Waals surface area contributed by atoms with Crippen molar-refractivity contribution in [2.45, 2.75) is 0 Å². The van der Waals surface area contributed by atoms with E-state index in [1.807, 2.05) is 60.7 Å². The number of benzene rings is 3. The predicted octanol–water partition coefficient (Wildman–Crippen LogP) is 3.19. The summed E-state index contributed by atoms with van der Waals surface area (Å²) in [5.74, 6) is 0.694. The van der Waals surface area contributed by atoms with E-state index < -0.39 is 22.5 Å². The Hall–Kier alpha value is -6.71. The number of H-pyrrole nitrogens is 5. The van der Waals surface area contributed by atoms with Gasteiger partial charge >= 0.3 is 11.4 Å². The van der Waals surface area contributed by atoms with Gasteiger partial charge in [-0.1, -0.05) is 54.6 Å².